The average Bonchev–Trinajstić information content (AvgIpc) is 2.76. The number of rotatable bonds is 8. The number of aliphatic carboxylic acids is 1. The molecule has 1 aliphatic heterocycles. The van der Waals surface area contributed by atoms with Crippen LogP contribution in [0.5, 0.6) is 17.2 Å². The van der Waals surface area contributed by atoms with Crippen LogP contribution in [0.3, 0.4) is 0 Å². The van der Waals surface area contributed by atoms with Gasteiger partial charge >= 0.3 is 5.97 Å². The first-order valence-electron chi connectivity index (χ1n) is 10.1. The van der Waals surface area contributed by atoms with Crippen molar-refractivity contribution in [2.45, 2.75) is 25.8 Å². The minimum absolute atomic E-state index is 0.270. The fourth-order valence-corrected chi connectivity index (χ4v) is 4.25. The van der Waals surface area contributed by atoms with Crippen LogP contribution in [0.2, 0.25) is 5.02 Å². The van der Waals surface area contributed by atoms with Crippen LogP contribution in [0, 0.1) is 5.92 Å². The van der Waals surface area contributed by atoms with E-state index < -0.39 is 11.9 Å². The van der Waals surface area contributed by atoms with Gasteiger partial charge in [-0.3, -0.25) is 9.69 Å². The highest BCUT2D eigenvalue weighted by atomic mass is 35.5. The SMILES string of the molecule is CCOc1ccc(Cl)cc1C(c1ccc(OC)cc1OC)N1CCCC(C(=O)O)C1. The smallest absolute Gasteiger partial charge is 0.307 e. The van der Waals surface area contributed by atoms with Crippen molar-refractivity contribution in [2.24, 2.45) is 5.92 Å². The average molecular weight is 434 g/mol. The number of methoxy groups -OCH3 is 2. The molecule has 1 aliphatic rings. The molecule has 30 heavy (non-hydrogen) atoms. The van der Waals surface area contributed by atoms with E-state index in [9.17, 15) is 9.90 Å². The number of carboxylic acid groups (broad SMARTS) is 1. The fourth-order valence-electron chi connectivity index (χ4n) is 4.07. The van der Waals surface area contributed by atoms with Crippen LogP contribution in [-0.2, 0) is 4.79 Å². The van der Waals surface area contributed by atoms with E-state index in [2.05, 4.69) is 4.90 Å². The summed E-state index contributed by atoms with van der Waals surface area (Å²) < 4.78 is 17.0. The standard InChI is InChI=1S/C23H28ClNO5/c1-4-30-20-10-7-16(24)12-19(20)22(25-11-5-6-15(14-25)23(26)27)18-9-8-17(28-2)13-21(18)29-3/h7-10,12-13,15,22H,4-6,11,14H2,1-3H3,(H,26,27). The Hall–Kier alpha value is -2.44. The quantitative estimate of drug-likeness (QED) is 0.654. The van der Waals surface area contributed by atoms with Crippen molar-refractivity contribution in [3.05, 3.63) is 52.5 Å². The Morgan fingerprint density at radius 3 is 2.63 bits per heavy atom. The molecular weight excluding hydrogens is 406 g/mol. The van der Waals surface area contributed by atoms with Crippen LogP contribution in [0.15, 0.2) is 36.4 Å². The Bertz CT molecular complexity index is 888. The maximum atomic E-state index is 11.7. The van der Waals surface area contributed by atoms with Crippen LogP contribution in [0.25, 0.3) is 0 Å². The predicted octanol–water partition coefficient (Wildman–Crippen LogP) is 4.64. The minimum atomic E-state index is -0.767. The highest BCUT2D eigenvalue weighted by molar-refractivity contribution is 6.30. The summed E-state index contributed by atoms with van der Waals surface area (Å²) in [7, 11) is 3.23. The second-order valence-electron chi connectivity index (χ2n) is 7.30. The van der Waals surface area contributed by atoms with Gasteiger partial charge in [-0.05, 0) is 56.6 Å². The summed E-state index contributed by atoms with van der Waals surface area (Å²) in [5.74, 6) is 0.894. The van der Waals surface area contributed by atoms with Crippen molar-refractivity contribution >= 4 is 17.6 Å². The number of likely N-dealkylation sites (tertiary alicyclic amines) is 1. The third-order valence-electron chi connectivity index (χ3n) is 5.47. The van der Waals surface area contributed by atoms with Crippen LogP contribution >= 0.6 is 11.6 Å². The molecule has 2 unspecified atom stereocenters. The molecule has 2 aromatic rings. The van der Waals surface area contributed by atoms with Crippen molar-refractivity contribution < 1.29 is 24.1 Å². The van der Waals surface area contributed by atoms with E-state index in [0.717, 1.165) is 29.8 Å². The number of carboxylic acids is 1. The van der Waals surface area contributed by atoms with Crippen molar-refractivity contribution in [1.29, 1.82) is 0 Å². The van der Waals surface area contributed by atoms with Gasteiger partial charge in [0, 0.05) is 28.8 Å². The van der Waals surface area contributed by atoms with E-state index in [0.29, 0.717) is 36.1 Å². The zero-order valence-electron chi connectivity index (χ0n) is 17.6. The van der Waals surface area contributed by atoms with Gasteiger partial charge in [-0.2, -0.15) is 0 Å². The van der Waals surface area contributed by atoms with Crippen molar-refractivity contribution in [1.82, 2.24) is 4.90 Å². The topological polar surface area (TPSA) is 68.2 Å². The van der Waals surface area contributed by atoms with Gasteiger partial charge in [-0.25, -0.2) is 0 Å². The highest BCUT2D eigenvalue weighted by Crippen LogP contribution is 2.42. The molecule has 2 aromatic carbocycles. The maximum absolute atomic E-state index is 11.7. The molecule has 0 aliphatic carbocycles. The molecular formula is C23H28ClNO5. The molecule has 0 radical (unpaired) electrons. The van der Waals surface area contributed by atoms with E-state index in [1.54, 1.807) is 20.3 Å². The van der Waals surface area contributed by atoms with Crippen molar-refractivity contribution in [3.63, 3.8) is 0 Å². The van der Waals surface area contributed by atoms with Gasteiger partial charge in [0.25, 0.3) is 0 Å². The second kappa shape index (κ2) is 10.0. The Kier molecular flexibility index (Phi) is 7.45. The number of nitrogens with zero attached hydrogens (tertiary/aromatic N) is 1. The normalized spacial score (nSPS) is 17.9. The first kappa shape index (κ1) is 22.2. The van der Waals surface area contributed by atoms with E-state index >= 15 is 0 Å². The molecule has 3 rings (SSSR count). The Labute approximate surface area is 182 Å². The lowest BCUT2D eigenvalue weighted by Crippen LogP contribution is -2.41. The van der Waals surface area contributed by atoms with Crippen molar-refractivity contribution in [3.8, 4) is 17.2 Å². The molecule has 6 nitrogen and oxygen atoms in total. The monoisotopic (exact) mass is 433 g/mol. The summed E-state index contributed by atoms with van der Waals surface area (Å²) in [5.41, 5.74) is 1.80. The van der Waals surface area contributed by atoms with Gasteiger partial charge in [-0.1, -0.05) is 11.6 Å². The number of carbonyl (C=O) groups is 1. The number of ether oxygens (including phenoxy) is 3. The van der Waals surface area contributed by atoms with Gasteiger partial charge in [0.05, 0.1) is 32.8 Å². The second-order valence-corrected chi connectivity index (χ2v) is 7.73. The third kappa shape index (κ3) is 4.82. The van der Waals surface area contributed by atoms with E-state index in [1.165, 1.54) is 0 Å². The number of piperidine rings is 1. The Morgan fingerprint density at radius 1 is 1.17 bits per heavy atom. The van der Waals surface area contributed by atoms with Gasteiger partial charge in [0.15, 0.2) is 0 Å². The molecule has 0 spiro atoms. The zero-order valence-corrected chi connectivity index (χ0v) is 18.3. The van der Waals surface area contributed by atoms with Crippen LogP contribution in [0.4, 0.5) is 0 Å². The fraction of sp³-hybridized carbons (Fsp3) is 0.435. The van der Waals surface area contributed by atoms with E-state index in [1.807, 2.05) is 37.3 Å². The zero-order chi connectivity index (χ0) is 21.7. The molecule has 2 atom stereocenters. The maximum Gasteiger partial charge on any atom is 0.307 e. The summed E-state index contributed by atoms with van der Waals surface area (Å²) in [5, 5.41) is 10.2. The summed E-state index contributed by atoms with van der Waals surface area (Å²) in [4.78, 5) is 13.9. The first-order chi connectivity index (χ1) is 14.5. The molecule has 1 N–H and O–H groups in total. The lowest BCUT2D eigenvalue weighted by atomic mass is 9.90. The number of halogens is 1. The molecule has 1 fully saturated rings. The van der Waals surface area contributed by atoms with E-state index in [-0.39, 0.29) is 6.04 Å². The summed E-state index contributed by atoms with van der Waals surface area (Å²) in [6.45, 7) is 3.65. The molecule has 1 heterocycles. The van der Waals surface area contributed by atoms with Gasteiger partial charge in [-0.15, -0.1) is 0 Å². The number of hydrogen-bond acceptors (Lipinski definition) is 5. The van der Waals surface area contributed by atoms with Crippen LogP contribution < -0.4 is 14.2 Å². The summed E-state index contributed by atoms with van der Waals surface area (Å²) in [6, 6.07) is 11.0. The lowest BCUT2D eigenvalue weighted by Gasteiger charge is -2.38. The van der Waals surface area contributed by atoms with Gasteiger partial charge < -0.3 is 19.3 Å². The highest BCUT2D eigenvalue weighted by Gasteiger charge is 2.34. The molecule has 0 aromatic heterocycles. The van der Waals surface area contributed by atoms with Crippen molar-refractivity contribution in [2.75, 3.05) is 33.9 Å². The predicted molar refractivity (Wildman–Crippen MR) is 116 cm³/mol. The largest absolute Gasteiger partial charge is 0.497 e. The number of benzene rings is 2. The lowest BCUT2D eigenvalue weighted by molar-refractivity contribution is -0.143. The summed E-state index contributed by atoms with van der Waals surface area (Å²) in [6.07, 6.45) is 1.47. The third-order valence-corrected chi connectivity index (χ3v) is 5.70. The number of hydrogen-bond donors (Lipinski definition) is 1. The minimum Gasteiger partial charge on any atom is -0.497 e. The van der Waals surface area contributed by atoms with Gasteiger partial charge in [0.1, 0.15) is 17.2 Å². The summed E-state index contributed by atoms with van der Waals surface area (Å²) >= 11 is 6.37. The molecule has 1 saturated heterocycles. The van der Waals surface area contributed by atoms with E-state index in [4.69, 9.17) is 25.8 Å². The molecule has 7 heteroatoms. The molecule has 0 amide bonds. The molecule has 0 saturated carbocycles. The van der Waals surface area contributed by atoms with Crippen LogP contribution in [-0.4, -0.2) is 49.9 Å². The Morgan fingerprint density at radius 2 is 1.97 bits per heavy atom. The Balaban J connectivity index is 2.15. The molecule has 0 bridgehead atoms. The van der Waals surface area contributed by atoms with Gasteiger partial charge in [0.2, 0.25) is 0 Å². The van der Waals surface area contributed by atoms with Crippen LogP contribution in [0.1, 0.15) is 36.9 Å². The first-order valence-corrected chi connectivity index (χ1v) is 10.5. The molecule has 162 valence electrons.